The molecule has 0 spiro atoms. The van der Waals surface area contributed by atoms with E-state index < -0.39 is 0 Å². The summed E-state index contributed by atoms with van der Waals surface area (Å²) >= 11 is 0. The molecule has 30 heavy (non-hydrogen) atoms. The van der Waals surface area contributed by atoms with Crippen LogP contribution in [-0.4, -0.2) is 30.1 Å². The molecule has 0 aromatic heterocycles. The monoisotopic (exact) mass is 429 g/mol. The van der Waals surface area contributed by atoms with Gasteiger partial charge < -0.3 is 14.2 Å². The zero-order chi connectivity index (χ0) is 21.0. The first-order valence-electron chi connectivity index (χ1n) is 10.4. The molecule has 162 valence electrons. The molecule has 0 bridgehead atoms. The van der Waals surface area contributed by atoms with Crippen LogP contribution in [0.3, 0.4) is 0 Å². The molecule has 2 aliphatic heterocycles. The average Bonchev–Trinajstić information content (AvgIpc) is 2.94. The standard InChI is InChI=1S/C25H31NO3.ClH/c1-15(2)28-18-10-8-9-16(11-18)22-21-17(13-24(3,4)26-22)12-20(27-7)23-19(21)14-25(5,6)29-23;/h8-12,15H,13-14H2,1-7H3;1H. The Morgan fingerprint density at radius 2 is 1.80 bits per heavy atom. The molecular weight excluding hydrogens is 398 g/mol. The van der Waals surface area contributed by atoms with Gasteiger partial charge in [-0.2, -0.15) is 0 Å². The van der Waals surface area contributed by atoms with E-state index in [-0.39, 0.29) is 29.7 Å². The Hall–Kier alpha value is -2.20. The number of rotatable bonds is 4. The Bertz CT molecular complexity index is 992. The van der Waals surface area contributed by atoms with E-state index in [0.29, 0.717) is 0 Å². The number of methoxy groups -OCH3 is 1. The zero-order valence-corrected chi connectivity index (χ0v) is 19.8. The van der Waals surface area contributed by atoms with Crippen molar-refractivity contribution in [2.75, 3.05) is 7.11 Å². The summed E-state index contributed by atoms with van der Waals surface area (Å²) in [6.07, 6.45) is 1.84. The summed E-state index contributed by atoms with van der Waals surface area (Å²) in [6.45, 7) is 12.7. The number of aliphatic imine (C=N–C) groups is 1. The molecule has 5 heteroatoms. The maximum absolute atomic E-state index is 6.29. The number of benzene rings is 2. The van der Waals surface area contributed by atoms with E-state index in [9.17, 15) is 0 Å². The number of nitrogens with zero attached hydrogens (tertiary/aromatic N) is 1. The summed E-state index contributed by atoms with van der Waals surface area (Å²) in [6, 6.07) is 10.4. The van der Waals surface area contributed by atoms with Crippen LogP contribution in [0.4, 0.5) is 0 Å². The Morgan fingerprint density at radius 1 is 1.07 bits per heavy atom. The van der Waals surface area contributed by atoms with E-state index in [2.05, 4.69) is 45.9 Å². The second kappa shape index (κ2) is 7.81. The highest BCUT2D eigenvalue weighted by Crippen LogP contribution is 2.47. The van der Waals surface area contributed by atoms with E-state index in [0.717, 1.165) is 41.4 Å². The highest BCUT2D eigenvalue weighted by Gasteiger charge is 2.39. The SMILES string of the molecule is COc1cc2c(c3c1OC(C)(C)C3)C(c1cccc(OC(C)C)c1)=NC(C)(C)C2.Cl. The molecule has 0 saturated heterocycles. The van der Waals surface area contributed by atoms with Gasteiger partial charge in [-0.15, -0.1) is 12.4 Å². The summed E-state index contributed by atoms with van der Waals surface area (Å²) in [5.41, 5.74) is 5.32. The average molecular weight is 430 g/mol. The number of halogens is 1. The van der Waals surface area contributed by atoms with Crippen molar-refractivity contribution in [3.8, 4) is 17.2 Å². The van der Waals surface area contributed by atoms with Gasteiger partial charge in [0.25, 0.3) is 0 Å². The van der Waals surface area contributed by atoms with Crippen LogP contribution in [0.5, 0.6) is 17.2 Å². The number of hydrogen-bond donors (Lipinski definition) is 0. The number of fused-ring (bicyclic) bond motifs is 3. The van der Waals surface area contributed by atoms with Gasteiger partial charge in [0.1, 0.15) is 11.4 Å². The van der Waals surface area contributed by atoms with E-state index in [4.69, 9.17) is 19.2 Å². The van der Waals surface area contributed by atoms with E-state index in [1.54, 1.807) is 7.11 Å². The maximum Gasteiger partial charge on any atom is 0.166 e. The van der Waals surface area contributed by atoms with E-state index >= 15 is 0 Å². The van der Waals surface area contributed by atoms with Crippen LogP contribution in [-0.2, 0) is 12.8 Å². The van der Waals surface area contributed by atoms with Crippen LogP contribution in [0.25, 0.3) is 0 Å². The van der Waals surface area contributed by atoms with Gasteiger partial charge in [-0.05, 0) is 71.7 Å². The highest BCUT2D eigenvalue weighted by atomic mass is 35.5. The Balaban J connectivity index is 0.00000256. The van der Waals surface area contributed by atoms with Crippen molar-refractivity contribution >= 4 is 18.1 Å². The quantitative estimate of drug-likeness (QED) is 0.617. The zero-order valence-electron chi connectivity index (χ0n) is 19.0. The summed E-state index contributed by atoms with van der Waals surface area (Å²) in [5.74, 6) is 2.54. The van der Waals surface area contributed by atoms with Crippen molar-refractivity contribution in [3.05, 3.63) is 52.6 Å². The fourth-order valence-corrected chi connectivity index (χ4v) is 4.42. The Morgan fingerprint density at radius 3 is 2.47 bits per heavy atom. The Labute approximate surface area is 186 Å². The van der Waals surface area contributed by atoms with E-state index in [1.807, 2.05) is 26.0 Å². The van der Waals surface area contributed by atoms with Gasteiger partial charge in [0, 0.05) is 23.1 Å². The van der Waals surface area contributed by atoms with Crippen LogP contribution in [0.15, 0.2) is 35.3 Å². The molecule has 0 amide bonds. The minimum absolute atomic E-state index is 0. The van der Waals surface area contributed by atoms with Crippen LogP contribution < -0.4 is 14.2 Å². The molecule has 0 atom stereocenters. The molecule has 0 saturated carbocycles. The minimum Gasteiger partial charge on any atom is -0.493 e. The lowest BCUT2D eigenvalue weighted by molar-refractivity contribution is 0.134. The molecule has 4 rings (SSSR count). The fourth-order valence-electron chi connectivity index (χ4n) is 4.42. The largest absolute Gasteiger partial charge is 0.493 e. The lowest BCUT2D eigenvalue weighted by Crippen LogP contribution is -2.30. The summed E-state index contributed by atoms with van der Waals surface area (Å²) in [7, 11) is 1.71. The smallest absolute Gasteiger partial charge is 0.166 e. The number of ether oxygens (including phenoxy) is 3. The van der Waals surface area contributed by atoms with Crippen molar-refractivity contribution in [2.45, 2.75) is 71.6 Å². The minimum atomic E-state index is -0.259. The fraction of sp³-hybridized carbons (Fsp3) is 0.480. The third-order valence-electron chi connectivity index (χ3n) is 5.38. The molecule has 2 aromatic rings. The maximum atomic E-state index is 6.29. The van der Waals surface area contributed by atoms with Gasteiger partial charge >= 0.3 is 0 Å². The lowest BCUT2D eigenvalue weighted by Gasteiger charge is -2.31. The van der Waals surface area contributed by atoms with Crippen LogP contribution in [0, 0.1) is 0 Å². The second-order valence-electron chi connectivity index (χ2n) is 9.60. The van der Waals surface area contributed by atoms with Crippen LogP contribution >= 0.6 is 12.4 Å². The molecule has 2 heterocycles. The van der Waals surface area contributed by atoms with Crippen molar-refractivity contribution in [1.82, 2.24) is 0 Å². The van der Waals surface area contributed by atoms with Gasteiger partial charge in [0.2, 0.25) is 0 Å². The Kier molecular flexibility index (Phi) is 5.85. The van der Waals surface area contributed by atoms with Gasteiger partial charge in [-0.3, -0.25) is 4.99 Å². The lowest BCUT2D eigenvalue weighted by atomic mass is 9.81. The summed E-state index contributed by atoms with van der Waals surface area (Å²) < 4.78 is 17.9. The van der Waals surface area contributed by atoms with Crippen molar-refractivity contribution in [3.63, 3.8) is 0 Å². The molecule has 0 radical (unpaired) electrons. The predicted octanol–water partition coefficient (Wildman–Crippen LogP) is 5.79. The second-order valence-corrected chi connectivity index (χ2v) is 9.60. The van der Waals surface area contributed by atoms with Gasteiger partial charge in [-0.1, -0.05) is 12.1 Å². The normalized spacial score (nSPS) is 17.9. The van der Waals surface area contributed by atoms with Gasteiger partial charge in [-0.25, -0.2) is 0 Å². The topological polar surface area (TPSA) is 40.0 Å². The molecule has 0 fully saturated rings. The summed E-state index contributed by atoms with van der Waals surface area (Å²) in [5, 5.41) is 0. The first-order chi connectivity index (χ1) is 13.6. The first kappa shape index (κ1) is 22.5. The molecule has 0 unspecified atom stereocenters. The van der Waals surface area contributed by atoms with Crippen LogP contribution in [0.1, 0.15) is 63.8 Å². The molecule has 0 aliphatic carbocycles. The van der Waals surface area contributed by atoms with Gasteiger partial charge in [0.15, 0.2) is 11.5 Å². The van der Waals surface area contributed by atoms with Gasteiger partial charge in [0.05, 0.1) is 24.5 Å². The third kappa shape index (κ3) is 4.15. The van der Waals surface area contributed by atoms with Crippen molar-refractivity contribution < 1.29 is 14.2 Å². The first-order valence-corrected chi connectivity index (χ1v) is 10.4. The molecule has 2 aromatic carbocycles. The van der Waals surface area contributed by atoms with Crippen LogP contribution in [0.2, 0.25) is 0 Å². The van der Waals surface area contributed by atoms with Crippen molar-refractivity contribution in [2.24, 2.45) is 4.99 Å². The molecule has 2 aliphatic rings. The number of hydrogen-bond acceptors (Lipinski definition) is 4. The highest BCUT2D eigenvalue weighted by molar-refractivity contribution is 6.16. The molecule has 0 N–H and O–H groups in total. The molecular formula is C25H32ClNO3. The third-order valence-corrected chi connectivity index (χ3v) is 5.38. The summed E-state index contributed by atoms with van der Waals surface area (Å²) in [4.78, 5) is 5.19. The van der Waals surface area contributed by atoms with E-state index in [1.165, 1.54) is 16.7 Å². The predicted molar refractivity (Wildman–Crippen MR) is 124 cm³/mol. The molecule has 4 nitrogen and oxygen atoms in total. The van der Waals surface area contributed by atoms with Crippen molar-refractivity contribution in [1.29, 1.82) is 0 Å².